The average Bonchev–Trinajstić information content (AvgIpc) is 2.23. The summed E-state index contributed by atoms with van der Waals surface area (Å²) in [6.07, 6.45) is 1.94. The molecule has 1 aromatic rings. The minimum absolute atomic E-state index is 0. The second-order valence-corrected chi connectivity index (χ2v) is 5.24. The molecule has 0 heterocycles. The topological polar surface area (TPSA) is 12.0 Å². The number of hydrogen-bond donors (Lipinski definition) is 1. The third-order valence-corrected chi connectivity index (χ3v) is 3.33. The number of benzene rings is 1. The Morgan fingerprint density at radius 1 is 1.44 bits per heavy atom. The Morgan fingerprint density at radius 2 is 2.25 bits per heavy atom. The summed E-state index contributed by atoms with van der Waals surface area (Å²) in [6.45, 7) is 5.67. The molecule has 0 aliphatic carbocycles. The highest BCUT2D eigenvalue weighted by Gasteiger charge is 1.93. The molecule has 1 aromatic carbocycles. The molecule has 1 rings (SSSR count). The van der Waals surface area contributed by atoms with Gasteiger partial charge >= 0.3 is 0 Å². The van der Waals surface area contributed by atoms with E-state index in [2.05, 4.69) is 46.0 Å². The van der Waals surface area contributed by atoms with Crippen LogP contribution in [0.5, 0.6) is 0 Å². The van der Waals surface area contributed by atoms with Gasteiger partial charge in [-0.15, -0.1) is 19.0 Å². The van der Waals surface area contributed by atoms with Gasteiger partial charge in [-0.2, -0.15) is 11.8 Å². The molecule has 4 heteroatoms. The lowest BCUT2D eigenvalue weighted by atomic mass is 10.2. The van der Waals surface area contributed by atoms with Gasteiger partial charge in [-0.1, -0.05) is 34.1 Å². The molecule has 0 spiro atoms. The maximum Gasteiger partial charge on any atom is 0.0206 e. The Balaban J connectivity index is 0.00000225. The van der Waals surface area contributed by atoms with E-state index in [1.165, 1.54) is 5.56 Å². The zero-order valence-corrected chi connectivity index (χ0v) is 12.3. The van der Waals surface area contributed by atoms with Gasteiger partial charge in [0.25, 0.3) is 0 Å². The third-order valence-electron chi connectivity index (χ3n) is 1.88. The molecular weight excluding hydrogens is 306 g/mol. The van der Waals surface area contributed by atoms with Crippen molar-refractivity contribution in [3.8, 4) is 0 Å². The summed E-state index contributed by atoms with van der Waals surface area (Å²) >= 11 is 5.36. The largest absolute Gasteiger partial charge is 0.312 e. The maximum absolute atomic E-state index is 3.69. The number of rotatable bonds is 7. The maximum atomic E-state index is 3.69. The standard InChI is InChI=1S/C12H16BrNS.ClH/c1-2-7-15-8-6-14-10-11-4-3-5-12(13)9-11;/h2-5,9,14H,1,6-8,10H2;1H. The second-order valence-electron chi connectivity index (χ2n) is 3.17. The van der Waals surface area contributed by atoms with Crippen molar-refractivity contribution in [2.24, 2.45) is 0 Å². The van der Waals surface area contributed by atoms with Crippen molar-refractivity contribution in [3.05, 3.63) is 47.0 Å². The fraction of sp³-hybridized carbons (Fsp3) is 0.333. The van der Waals surface area contributed by atoms with Crippen molar-refractivity contribution < 1.29 is 0 Å². The minimum atomic E-state index is 0. The molecule has 0 saturated heterocycles. The van der Waals surface area contributed by atoms with Crippen LogP contribution in [-0.2, 0) is 6.54 Å². The number of hydrogen-bond acceptors (Lipinski definition) is 2. The molecule has 0 aliphatic rings. The van der Waals surface area contributed by atoms with Gasteiger partial charge in [0, 0.05) is 29.1 Å². The molecule has 0 fully saturated rings. The van der Waals surface area contributed by atoms with E-state index in [4.69, 9.17) is 0 Å². The van der Waals surface area contributed by atoms with Gasteiger partial charge in [0.05, 0.1) is 0 Å². The molecule has 0 unspecified atom stereocenters. The first-order valence-electron chi connectivity index (χ1n) is 4.96. The van der Waals surface area contributed by atoms with Crippen molar-refractivity contribution in [1.29, 1.82) is 0 Å². The molecule has 1 nitrogen and oxygen atoms in total. The average molecular weight is 323 g/mol. The van der Waals surface area contributed by atoms with Gasteiger partial charge in [-0.05, 0) is 17.7 Å². The van der Waals surface area contributed by atoms with Crippen LogP contribution in [0.3, 0.4) is 0 Å². The smallest absolute Gasteiger partial charge is 0.0206 e. The summed E-state index contributed by atoms with van der Waals surface area (Å²) in [7, 11) is 0. The molecule has 0 aromatic heterocycles. The van der Waals surface area contributed by atoms with Gasteiger partial charge in [0.2, 0.25) is 0 Å². The highest BCUT2D eigenvalue weighted by atomic mass is 79.9. The fourth-order valence-corrected chi connectivity index (χ4v) is 2.26. The Labute approximate surface area is 117 Å². The van der Waals surface area contributed by atoms with E-state index in [-0.39, 0.29) is 12.4 Å². The van der Waals surface area contributed by atoms with Crippen molar-refractivity contribution in [1.82, 2.24) is 5.32 Å². The second kappa shape index (κ2) is 10.2. The fourth-order valence-electron chi connectivity index (χ4n) is 1.19. The Bertz CT molecular complexity index is 307. The highest BCUT2D eigenvalue weighted by molar-refractivity contribution is 9.10. The normalized spacial score (nSPS) is 9.56. The van der Waals surface area contributed by atoms with E-state index in [1.807, 2.05) is 23.9 Å². The zero-order valence-electron chi connectivity index (χ0n) is 9.12. The predicted octanol–water partition coefficient (Wildman–Crippen LogP) is 3.88. The molecule has 0 amide bonds. The summed E-state index contributed by atoms with van der Waals surface area (Å²) < 4.78 is 1.14. The SMILES string of the molecule is C=CCSCCNCc1cccc(Br)c1.Cl. The lowest BCUT2D eigenvalue weighted by Crippen LogP contribution is -2.16. The first kappa shape index (κ1) is 16.0. The van der Waals surface area contributed by atoms with Crippen LogP contribution in [0.25, 0.3) is 0 Å². The van der Waals surface area contributed by atoms with Gasteiger partial charge in [-0.3, -0.25) is 0 Å². The van der Waals surface area contributed by atoms with E-state index in [0.29, 0.717) is 0 Å². The van der Waals surface area contributed by atoms with Crippen LogP contribution in [0.4, 0.5) is 0 Å². The minimum Gasteiger partial charge on any atom is -0.312 e. The van der Waals surface area contributed by atoms with Gasteiger partial charge in [0.15, 0.2) is 0 Å². The van der Waals surface area contributed by atoms with Gasteiger partial charge in [0.1, 0.15) is 0 Å². The molecular formula is C12H17BrClNS. The predicted molar refractivity (Wildman–Crippen MR) is 80.6 cm³/mol. The van der Waals surface area contributed by atoms with E-state index >= 15 is 0 Å². The van der Waals surface area contributed by atoms with Crippen molar-refractivity contribution in [2.75, 3.05) is 18.1 Å². The Kier molecular flexibility index (Phi) is 10.2. The highest BCUT2D eigenvalue weighted by Crippen LogP contribution is 2.11. The molecule has 1 N–H and O–H groups in total. The lowest BCUT2D eigenvalue weighted by molar-refractivity contribution is 0.732. The molecule has 90 valence electrons. The summed E-state index contributed by atoms with van der Waals surface area (Å²) in [6, 6.07) is 8.38. The summed E-state index contributed by atoms with van der Waals surface area (Å²) in [5.41, 5.74) is 1.32. The van der Waals surface area contributed by atoms with Crippen LogP contribution < -0.4 is 5.32 Å². The van der Waals surface area contributed by atoms with Crippen molar-refractivity contribution in [2.45, 2.75) is 6.54 Å². The summed E-state index contributed by atoms with van der Waals surface area (Å²) in [5, 5.41) is 3.41. The van der Waals surface area contributed by atoms with Crippen molar-refractivity contribution in [3.63, 3.8) is 0 Å². The van der Waals surface area contributed by atoms with Crippen LogP contribution in [0, 0.1) is 0 Å². The summed E-state index contributed by atoms with van der Waals surface area (Å²) in [5.74, 6) is 2.18. The van der Waals surface area contributed by atoms with Gasteiger partial charge in [-0.25, -0.2) is 0 Å². The third kappa shape index (κ3) is 7.34. The number of thioether (sulfide) groups is 1. The first-order valence-corrected chi connectivity index (χ1v) is 6.91. The molecule has 0 bridgehead atoms. The molecule has 0 atom stereocenters. The quantitative estimate of drug-likeness (QED) is 0.604. The van der Waals surface area contributed by atoms with Crippen LogP contribution >= 0.6 is 40.1 Å². The van der Waals surface area contributed by atoms with Gasteiger partial charge < -0.3 is 5.32 Å². The monoisotopic (exact) mass is 321 g/mol. The zero-order chi connectivity index (χ0) is 10.9. The van der Waals surface area contributed by atoms with E-state index in [0.717, 1.165) is 29.1 Å². The number of nitrogens with one attached hydrogen (secondary N) is 1. The molecule has 16 heavy (non-hydrogen) atoms. The molecule has 0 saturated carbocycles. The lowest BCUT2D eigenvalue weighted by Gasteiger charge is -2.04. The Morgan fingerprint density at radius 3 is 2.94 bits per heavy atom. The van der Waals surface area contributed by atoms with E-state index < -0.39 is 0 Å². The first-order chi connectivity index (χ1) is 7.33. The number of halogens is 2. The molecule has 0 radical (unpaired) electrons. The van der Waals surface area contributed by atoms with E-state index in [1.54, 1.807) is 0 Å². The van der Waals surface area contributed by atoms with Crippen LogP contribution in [-0.4, -0.2) is 18.1 Å². The van der Waals surface area contributed by atoms with Crippen LogP contribution in [0.1, 0.15) is 5.56 Å². The Hall–Kier alpha value is 0.0400. The van der Waals surface area contributed by atoms with Crippen molar-refractivity contribution >= 4 is 40.1 Å². The molecule has 0 aliphatic heterocycles. The van der Waals surface area contributed by atoms with Crippen LogP contribution in [0.2, 0.25) is 0 Å². The van der Waals surface area contributed by atoms with Crippen LogP contribution in [0.15, 0.2) is 41.4 Å². The summed E-state index contributed by atoms with van der Waals surface area (Å²) in [4.78, 5) is 0. The van der Waals surface area contributed by atoms with E-state index in [9.17, 15) is 0 Å².